The molecule has 0 bridgehead atoms. The van der Waals surface area contributed by atoms with E-state index in [9.17, 15) is 30.0 Å². The van der Waals surface area contributed by atoms with Crippen LogP contribution in [0.15, 0.2) is 0 Å². The zero-order chi connectivity index (χ0) is 18.7. The van der Waals surface area contributed by atoms with Gasteiger partial charge >= 0.3 is 5.97 Å². The van der Waals surface area contributed by atoms with E-state index < -0.39 is 67.1 Å². The summed E-state index contributed by atoms with van der Waals surface area (Å²) in [6, 6.07) is -1.27. The maximum Gasteiger partial charge on any atom is 0.336 e. The van der Waals surface area contributed by atoms with Crippen molar-refractivity contribution in [1.29, 1.82) is 0 Å². The van der Waals surface area contributed by atoms with Crippen LogP contribution in [0, 0.1) is 5.92 Å². The van der Waals surface area contributed by atoms with Crippen LogP contribution in [0.2, 0.25) is 0 Å². The van der Waals surface area contributed by atoms with Crippen molar-refractivity contribution in [3.63, 3.8) is 0 Å². The first-order valence-electron chi connectivity index (χ1n) is 7.57. The maximum absolute atomic E-state index is 11.7. The third kappa shape index (κ3) is 4.02. The topological polar surface area (TPSA) is 177 Å². The third-order valence-corrected chi connectivity index (χ3v) is 4.31. The Balaban J connectivity index is 3.23. The molecule has 0 saturated carbocycles. The van der Waals surface area contributed by atoms with Crippen LogP contribution in [-0.2, 0) is 14.3 Å². The van der Waals surface area contributed by atoms with Gasteiger partial charge in [0.05, 0.1) is 18.8 Å². The van der Waals surface area contributed by atoms with Crippen LogP contribution in [0.4, 0.5) is 0 Å². The minimum Gasteiger partial charge on any atom is -0.479 e. The van der Waals surface area contributed by atoms with Gasteiger partial charge in [-0.05, 0) is 5.92 Å². The van der Waals surface area contributed by atoms with Gasteiger partial charge in [-0.2, -0.15) is 0 Å². The number of ether oxygens (including phenoxy) is 1. The molecule has 10 nitrogen and oxygen atoms in total. The summed E-state index contributed by atoms with van der Waals surface area (Å²) in [6.07, 6.45) is -6.74. The van der Waals surface area contributed by atoms with Gasteiger partial charge < -0.3 is 40.7 Å². The number of aliphatic hydroxyl groups is 5. The van der Waals surface area contributed by atoms with E-state index in [1.807, 2.05) is 0 Å². The van der Waals surface area contributed by atoms with Gasteiger partial charge in [0.15, 0.2) is 5.60 Å². The van der Waals surface area contributed by atoms with Crippen molar-refractivity contribution >= 4 is 11.9 Å². The Morgan fingerprint density at radius 3 is 2.29 bits per heavy atom. The second-order valence-corrected chi connectivity index (χ2v) is 6.20. The van der Waals surface area contributed by atoms with Crippen LogP contribution in [0.25, 0.3) is 0 Å². The Morgan fingerprint density at radius 1 is 1.29 bits per heavy atom. The van der Waals surface area contributed by atoms with Crippen LogP contribution < -0.4 is 5.32 Å². The fourth-order valence-electron chi connectivity index (χ4n) is 2.80. The van der Waals surface area contributed by atoms with E-state index in [4.69, 9.17) is 14.9 Å². The lowest BCUT2D eigenvalue weighted by atomic mass is 9.78. The first-order valence-corrected chi connectivity index (χ1v) is 7.57. The van der Waals surface area contributed by atoms with Crippen LogP contribution >= 0.6 is 0 Å². The highest BCUT2D eigenvalue weighted by Gasteiger charge is 2.55. The van der Waals surface area contributed by atoms with Crippen molar-refractivity contribution in [1.82, 2.24) is 5.32 Å². The molecule has 2 unspecified atom stereocenters. The van der Waals surface area contributed by atoms with Gasteiger partial charge in [-0.1, -0.05) is 13.8 Å². The predicted octanol–water partition coefficient (Wildman–Crippen LogP) is -3.19. The smallest absolute Gasteiger partial charge is 0.336 e. The fourth-order valence-corrected chi connectivity index (χ4v) is 2.80. The van der Waals surface area contributed by atoms with Crippen molar-refractivity contribution in [3.05, 3.63) is 0 Å². The molecule has 1 fully saturated rings. The monoisotopic (exact) mass is 351 g/mol. The summed E-state index contributed by atoms with van der Waals surface area (Å²) in [5.41, 5.74) is -1.85. The summed E-state index contributed by atoms with van der Waals surface area (Å²) in [4.78, 5) is 23.1. The van der Waals surface area contributed by atoms with Gasteiger partial charge in [-0.25, -0.2) is 4.79 Å². The van der Waals surface area contributed by atoms with Crippen molar-refractivity contribution in [2.75, 3.05) is 13.2 Å². The van der Waals surface area contributed by atoms with Gasteiger partial charge in [0, 0.05) is 6.42 Å². The zero-order valence-corrected chi connectivity index (χ0v) is 13.5. The van der Waals surface area contributed by atoms with E-state index >= 15 is 0 Å². The molecular weight excluding hydrogens is 326 g/mol. The Hall–Kier alpha value is -1.30. The maximum atomic E-state index is 11.7. The molecule has 1 saturated heterocycles. The molecule has 0 aromatic heterocycles. The first kappa shape index (κ1) is 20.7. The number of amides is 1. The van der Waals surface area contributed by atoms with Crippen LogP contribution in [0.3, 0.4) is 0 Å². The van der Waals surface area contributed by atoms with Gasteiger partial charge in [0.1, 0.15) is 24.9 Å². The zero-order valence-electron chi connectivity index (χ0n) is 13.5. The lowest BCUT2D eigenvalue weighted by Gasteiger charge is -2.48. The SMILES string of the molecule is CC(C)[C@]1(C(=O)O)CC(O)[C@@H](NC(=O)CO)C([C@H](O)[C@H](O)CO)O1. The van der Waals surface area contributed by atoms with Crippen LogP contribution in [0.5, 0.6) is 0 Å². The van der Waals surface area contributed by atoms with Crippen molar-refractivity contribution in [3.8, 4) is 0 Å². The fraction of sp³-hybridized carbons (Fsp3) is 0.857. The molecule has 1 aliphatic rings. The van der Waals surface area contributed by atoms with E-state index in [1.165, 1.54) is 0 Å². The predicted molar refractivity (Wildman–Crippen MR) is 78.8 cm³/mol. The highest BCUT2D eigenvalue weighted by molar-refractivity contribution is 5.79. The van der Waals surface area contributed by atoms with E-state index in [2.05, 4.69) is 5.32 Å². The quantitative estimate of drug-likeness (QED) is 0.249. The number of carbonyl (C=O) groups excluding carboxylic acids is 1. The summed E-state index contributed by atoms with van der Waals surface area (Å²) < 4.78 is 5.53. The van der Waals surface area contributed by atoms with Crippen LogP contribution in [0.1, 0.15) is 20.3 Å². The third-order valence-electron chi connectivity index (χ3n) is 4.31. The van der Waals surface area contributed by atoms with E-state index in [0.717, 1.165) is 0 Å². The number of carboxylic acids is 1. The lowest BCUT2D eigenvalue weighted by Crippen LogP contribution is -2.68. The molecule has 0 aromatic carbocycles. The normalized spacial score (nSPS) is 33.1. The molecular formula is C14H25NO9. The minimum atomic E-state index is -1.85. The highest BCUT2D eigenvalue weighted by Crippen LogP contribution is 2.37. The molecule has 24 heavy (non-hydrogen) atoms. The second-order valence-electron chi connectivity index (χ2n) is 6.20. The van der Waals surface area contributed by atoms with E-state index in [1.54, 1.807) is 13.8 Å². The van der Waals surface area contributed by atoms with Crippen molar-refractivity contribution in [2.45, 2.75) is 56.3 Å². The summed E-state index contributed by atoms with van der Waals surface area (Å²) in [6.45, 7) is 1.39. The van der Waals surface area contributed by atoms with Gasteiger partial charge in [0.25, 0.3) is 0 Å². The minimum absolute atomic E-state index is 0.366. The molecule has 1 aliphatic heterocycles. The first-order chi connectivity index (χ1) is 11.1. The average Bonchev–Trinajstić information content (AvgIpc) is 2.54. The number of hydrogen-bond donors (Lipinski definition) is 7. The average molecular weight is 351 g/mol. The number of carbonyl (C=O) groups is 2. The van der Waals surface area contributed by atoms with Crippen LogP contribution in [-0.4, -0.2) is 91.8 Å². The van der Waals surface area contributed by atoms with E-state index in [0.29, 0.717) is 0 Å². The molecule has 1 rings (SSSR count). The Morgan fingerprint density at radius 2 is 1.88 bits per heavy atom. The molecule has 0 aliphatic carbocycles. The number of hydrogen-bond acceptors (Lipinski definition) is 8. The van der Waals surface area contributed by atoms with E-state index in [-0.39, 0.29) is 6.42 Å². The summed E-state index contributed by atoms with van der Waals surface area (Å²) in [5, 5.41) is 59.7. The van der Waals surface area contributed by atoms with Gasteiger partial charge in [-0.15, -0.1) is 0 Å². The summed E-state index contributed by atoms with van der Waals surface area (Å²) in [5.74, 6) is -2.83. The largest absolute Gasteiger partial charge is 0.479 e. The van der Waals surface area contributed by atoms with Crippen molar-refractivity contribution < 1.29 is 45.0 Å². The number of rotatable bonds is 7. The molecule has 0 spiro atoms. The number of aliphatic hydroxyl groups excluding tert-OH is 5. The Bertz CT molecular complexity index is 458. The Labute approximate surface area is 138 Å². The number of nitrogens with one attached hydrogen (secondary N) is 1. The number of carboxylic acid groups (broad SMARTS) is 1. The molecule has 1 amide bonds. The molecule has 140 valence electrons. The molecule has 10 heteroatoms. The summed E-state index contributed by atoms with van der Waals surface area (Å²) >= 11 is 0. The lowest BCUT2D eigenvalue weighted by molar-refractivity contribution is -0.240. The Kier molecular flexibility index (Phi) is 7.08. The van der Waals surface area contributed by atoms with Gasteiger partial charge in [0.2, 0.25) is 5.91 Å². The highest BCUT2D eigenvalue weighted by atomic mass is 16.6. The molecule has 1 heterocycles. The molecule has 0 aromatic rings. The molecule has 6 atom stereocenters. The summed E-state index contributed by atoms with van der Waals surface area (Å²) in [7, 11) is 0. The molecule has 0 radical (unpaired) electrons. The standard InChI is InChI=1S/C14H25NO9/c1-6(2)14(13(22)23)3-7(18)10(15-9(20)5-17)12(24-14)11(21)8(19)4-16/h6-8,10-12,16-19,21H,3-5H2,1-2H3,(H,15,20)(H,22,23)/t7?,8-,10-,11-,12?,14+/m1/s1. The second kappa shape index (κ2) is 8.19. The van der Waals surface area contributed by atoms with Gasteiger partial charge in [-0.3, -0.25) is 4.79 Å². The molecule has 7 N–H and O–H groups in total. The number of aliphatic carboxylic acids is 1. The van der Waals surface area contributed by atoms with Crippen molar-refractivity contribution in [2.24, 2.45) is 5.92 Å².